The number of allylic oxidation sites excluding steroid dienone is 2. The summed E-state index contributed by atoms with van der Waals surface area (Å²) in [4.78, 5) is 11.4. The number of carbonyl (C=O) groups is 1. The summed E-state index contributed by atoms with van der Waals surface area (Å²) >= 11 is 0. The molecular formula is C14H21NO3. The van der Waals surface area contributed by atoms with E-state index in [0.29, 0.717) is 12.2 Å². The molecule has 0 aromatic carbocycles. The second kappa shape index (κ2) is 3.60. The van der Waals surface area contributed by atoms with Gasteiger partial charge >= 0.3 is 0 Å². The maximum atomic E-state index is 11.4. The lowest BCUT2D eigenvalue weighted by Gasteiger charge is -2.30. The first-order valence-corrected chi connectivity index (χ1v) is 6.20. The van der Waals surface area contributed by atoms with E-state index in [-0.39, 0.29) is 11.3 Å². The summed E-state index contributed by atoms with van der Waals surface area (Å²) in [6.45, 7) is 9.49. The van der Waals surface area contributed by atoms with Crippen molar-refractivity contribution in [1.29, 1.82) is 0 Å². The van der Waals surface area contributed by atoms with Gasteiger partial charge in [0.05, 0.1) is 5.41 Å². The maximum absolute atomic E-state index is 11.4. The Morgan fingerprint density at radius 1 is 1.33 bits per heavy atom. The second-order valence-corrected chi connectivity index (χ2v) is 6.52. The van der Waals surface area contributed by atoms with E-state index >= 15 is 0 Å². The monoisotopic (exact) mass is 251 g/mol. The van der Waals surface area contributed by atoms with Crippen LogP contribution in [0, 0.1) is 10.8 Å². The largest absolute Gasteiger partial charge is 0.462 e. The smallest absolute Gasteiger partial charge is 0.225 e. The van der Waals surface area contributed by atoms with Crippen molar-refractivity contribution >= 4 is 5.91 Å². The number of aliphatic hydroxyl groups is 1. The lowest BCUT2D eigenvalue weighted by Crippen LogP contribution is -2.38. The van der Waals surface area contributed by atoms with Crippen LogP contribution in [0.5, 0.6) is 0 Å². The molecule has 100 valence electrons. The van der Waals surface area contributed by atoms with E-state index in [1.165, 1.54) is 0 Å². The van der Waals surface area contributed by atoms with Crippen LogP contribution in [0.3, 0.4) is 0 Å². The van der Waals surface area contributed by atoms with Gasteiger partial charge in [-0.15, -0.1) is 0 Å². The summed E-state index contributed by atoms with van der Waals surface area (Å²) in [7, 11) is 0. The van der Waals surface area contributed by atoms with Gasteiger partial charge in [-0.2, -0.15) is 0 Å². The molecule has 0 aromatic heterocycles. The van der Waals surface area contributed by atoms with Crippen LogP contribution in [0.1, 0.15) is 41.0 Å². The molecule has 2 heterocycles. The van der Waals surface area contributed by atoms with Crippen LogP contribution >= 0.6 is 0 Å². The van der Waals surface area contributed by atoms with Gasteiger partial charge in [-0.05, 0) is 26.0 Å². The van der Waals surface area contributed by atoms with Gasteiger partial charge in [0.25, 0.3) is 0 Å². The van der Waals surface area contributed by atoms with Crippen molar-refractivity contribution < 1.29 is 14.6 Å². The predicted octanol–water partition coefficient (Wildman–Crippen LogP) is 2.07. The van der Waals surface area contributed by atoms with Gasteiger partial charge < -0.3 is 15.2 Å². The number of nitrogens with one attached hydrogen (secondary N) is 1. The molecule has 2 aliphatic heterocycles. The van der Waals surface area contributed by atoms with Crippen LogP contribution in [0.2, 0.25) is 0 Å². The molecule has 4 heteroatoms. The van der Waals surface area contributed by atoms with E-state index < -0.39 is 11.2 Å². The maximum Gasteiger partial charge on any atom is 0.225 e. The Bertz CT molecular complexity index is 456. The number of amides is 1. The molecule has 0 spiro atoms. The van der Waals surface area contributed by atoms with Gasteiger partial charge in [-0.1, -0.05) is 13.8 Å². The van der Waals surface area contributed by atoms with Crippen LogP contribution in [-0.4, -0.2) is 16.8 Å². The highest BCUT2D eigenvalue weighted by atomic mass is 16.6. The van der Waals surface area contributed by atoms with Crippen LogP contribution < -0.4 is 5.32 Å². The molecule has 1 amide bonds. The Morgan fingerprint density at radius 2 is 1.94 bits per heavy atom. The summed E-state index contributed by atoms with van der Waals surface area (Å²) in [6.07, 6.45) is 4.18. The van der Waals surface area contributed by atoms with Gasteiger partial charge in [0, 0.05) is 24.5 Å². The van der Waals surface area contributed by atoms with Gasteiger partial charge in [0.1, 0.15) is 5.76 Å². The number of carbonyl (C=O) groups excluding carboxylic acids is 1. The molecule has 4 nitrogen and oxygen atoms in total. The molecule has 0 saturated carbocycles. The topological polar surface area (TPSA) is 58.6 Å². The zero-order valence-corrected chi connectivity index (χ0v) is 11.6. The molecule has 1 fully saturated rings. The first-order chi connectivity index (χ1) is 8.03. The summed E-state index contributed by atoms with van der Waals surface area (Å²) in [6, 6.07) is 0. The molecule has 2 N–H and O–H groups in total. The summed E-state index contributed by atoms with van der Waals surface area (Å²) in [5, 5.41) is 13.0. The Labute approximate surface area is 108 Å². The Hall–Kier alpha value is -1.29. The lowest BCUT2D eigenvalue weighted by molar-refractivity contribution is -0.194. The normalized spacial score (nSPS) is 35.3. The molecule has 1 atom stereocenters. The van der Waals surface area contributed by atoms with E-state index in [9.17, 15) is 9.90 Å². The molecule has 1 saturated heterocycles. The molecule has 2 aliphatic rings. The highest BCUT2D eigenvalue weighted by Gasteiger charge is 2.46. The quantitative estimate of drug-likeness (QED) is 0.750. The third-order valence-corrected chi connectivity index (χ3v) is 3.91. The van der Waals surface area contributed by atoms with Crippen molar-refractivity contribution in [3.8, 4) is 0 Å². The molecule has 0 aliphatic carbocycles. The van der Waals surface area contributed by atoms with Crippen LogP contribution in [0.25, 0.3) is 0 Å². The number of ether oxygens (including phenoxy) is 1. The Morgan fingerprint density at radius 3 is 2.33 bits per heavy atom. The van der Waals surface area contributed by atoms with Gasteiger partial charge in [-0.3, -0.25) is 4.79 Å². The Balaban J connectivity index is 2.29. The van der Waals surface area contributed by atoms with Gasteiger partial charge in [-0.25, -0.2) is 0 Å². The highest BCUT2D eigenvalue weighted by Crippen LogP contribution is 2.43. The van der Waals surface area contributed by atoms with Gasteiger partial charge in [0.2, 0.25) is 11.7 Å². The molecule has 2 rings (SSSR count). The van der Waals surface area contributed by atoms with Crippen molar-refractivity contribution in [3.63, 3.8) is 0 Å². The lowest BCUT2D eigenvalue weighted by atomic mass is 9.85. The third kappa shape index (κ3) is 2.05. The minimum absolute atomic E-state index is 0.0240. The average Bonchev–Trinajstić information content (AvgIpc) is 2.46. The SMILES string of the molecule is CC1(C)CC(=O)N/C1=C\C1=CC(C)(C)C(C)(O)O1. The van der Waals surface area contributed by atoms with E-state index in [1.54, 1.807) is 6.92 Å². The zero-order valence-electron chi connectivity index (χ0n) is 11.6. The molecule has 1 unspecified atom stereocenters. The molecule has 0 bridgehead atoms. The Kier molecular flexibility index (Phi) is 2.63. The van der Waals surface area contributed by atoms with E-state index in [2.05, 4.69) is 5.32 Å². The first kappa shape index (κ1) is 13.1. The van der Waals surface area contributed by atoms with Crippen LogP contribution in [0.15, 0.2) is 23.6 Å². The van der Waals surface area contributed by atoms with Crippen LogP contribution in [0.4, 0.5) is 0 Å². The van der Waals surface area contributed by atoms with Crippen molar-refractivity contribution in [3.05, 3.63) is 23.6 Å². The van der Waals surface area contributed by atoms with Crippen molar-refractivity contribution in [2.45, 2.75) is 46.8 Å². The highest BCUT2D eigenvalue weighted by molar-refractivity contribution is 5.82. The van der Waals surface area contributed by atoms with E-state index in [1.807, 2.05) is 39.8 Å². The van der Waals surface area contributed by atoms with Crippen molar-refractivity contribution in [1.82, 2.24) is 5.32 Å². The molecular weight excluding hydrogens is 230 g/mol. The third-order valence-electron chi connectivity index (χ3n) is 3.91. The summed E-state index contributed by atoms with van der Waals surface area (Å²) in [5.74, 6) is -0.585. The molecule has 0 aromatic rings. The molecule has 18 heavy (non-hydrogen) atoms. The van der Waals surface area contributed by atoms with Gasteiger partial charge in [0.15, 0.2) is 0 Å². The standard InChI is InChI=1S/C14H21NO3/c1-12(2)8-11(16)15-10(12)6-9-7-13(3,4)14(5,17)18-9/h6-7,17H,8H2,1-5H3,(H,15,16)/b10-6-. The van der Waals surface area contributed by atoms with E-state index in [0.717, 1.165) is 5.70 Å². The number of rotatable bonds is 1. The predicted molar refractivity (Wildman–Crippen MR) is 68.2 cm³/mol. The van der Waals surface area contributed by atoms with Crippen molar-refractivity contribution in [2.75, 3.05) is 0 Å². The average molecular weight is 251 g/mol. The second-order valence-electron chi connectivity index (χ2n) is 6.52. The molecule has 0 radical (unpaired) electrons. The van der Waals surface area contributed by atoms with Crippen LogP contribution in [-0.2, 0) is 9.53 Å². The zero-order chi connectivity index (χ0) is 13.8. The summed E-state index contributed by atoms with van der Waals surface area (Å²) < 4.78 is 5.54. The first-order valence-electron chi connectivity index (χ1n) is 6.20. The number of hydrogen-bond donors (Lipinski definition) is 2. The van der Waals surface area contributed by atoms with E-state index in [4.69, 9.17) is 4.74 Å². The fraction of sp³-hybridized carbons (Fsp3) is 0.643. The van der Waals surface area contributed by atoms with Crippen molar-refractivity contribution in [2.24, 2.45) is 10.8 Å². The number of hydrogen-bond acceptors (Lipinski definition) is 3. The minimum atomic E-state index is -1.22. The minimum Gasteiger partial charge on any atom is -0.462 e. The fourth-order valence-corrected chi connectivity index (χ4v) is 2.19. The summed E-state index contributed by atoms with van der Waals surface area (Å²) in [5.41, 5.74) is 0.179. The fourth-order valence-electron chi connectivity index (χ4n) is 2.19.